The van der Waals surface area contributed by atoms with E-state index in [9.17, 15) is 4.79 Å². The summed E-state index contributed by atoms with van der Waals surface area (Å²) >= 11 is 0. The van der Waals surface area contributed by atoms with Crippen molar-refractivity contribution in [1.29, 1.82) is 0 Å². The van der Waals surface area contributed by atoms with Crippen LogP contribution in [0.3, 0.4) is 0 Å². The minimum absolute atomic E-state index is 0.0606. The normalized spacial score (nSPS) is 11.1. The molecule has 0 saturated heterocycles. The van der Waals surface area contributed by atoms with E-state index in [0.717, 1.165) is 12.1 Å². The Balaban J connectivity index is 2.41. The molecule has 0 radical (unpaired) electrons. The second kappa shape index (κ2) is 7.67. The fourth-order valence-electron chi connectivity index (χ4n) is 1.63. The Morgan fingerprint density at radius 2 is 1.83 bits per heavy atom. The highest BCUT2D eigenvalue weighted by Gasteiger charge is 1.99. The lowest BCUT2D eigenvalue weighted by atomic mass is 10.1. The van der Waals surface area contributed by atoms with Gasteiger partial charge in [0.05, 0.1) is 0 Å². The predicted molar refractivity (Wildman–Crippen MR) is 75.1 cm³/mol. The molecule has 0 bridgehead atoms. The smallest absolute Gasteiger partial charge is 0.224 e. The molecule has 1 aromatic rings. The van der Waals surface area contributed by atoms with Crippen LogP contribution in [0, 0.1) is 0 Å². The SMILES string of the molecule is CC=CCC(=O)NCc1ccc(CN(C)C)cc1. The van der Waals surface area contributed by atoms with Crippen LogP contribution in [-0.2, 0) is 17.9 Å². The first-order valence-corrected chi connectivity index (χ1v) is 6.22. The molecule has 1 amide bonds. The van der Waals surface area contributed by atoms with Crippen molar-refractivity contribution < 1.29 is 4.79 Å². The van der Waals surface area contributed by atoms with Gasteiger partial charge in [-0.2, -0.15) is 0 Å². The Kier molecular flexibility index (Phi) is 6.15. The van der Waals surface area contributed by atoms with E-state index >= 15 is 0 Å². The van der Waals surface area contributed by atoms with Gasteiger partial charge in [0, 0.05) is 19.5 Å². The van der Waals surface area contributed by atoms with Crippen molar-refractivity contribution in [3.05, 3.63) is 47.5 Å². The molecule has 0 aromatic heterocycles. The number of allylic oxidation sites excluding steroid dienone is 1. The van der Waals surface area contributed by atoms with Crippen molar-refractivity contribution in [3.63, 3.8) is 0 Å². The molecule has 0 aliphatic rings. The zero-order valence-electron chi connectivity index (χ0n) is 11.4. The Morgan fingerprint density at radius 1 is 1.22 bits per heavy atom. The topological polar surface area (TPSA) is 32.3 Å². The predicted octanol–water partition coefficient (Wildman–Crippen LogP) is 2.33. The second-order valence-electron chi connectivity index (χ2n) is 4.60. The Bertz CT molecular complexity index is 393. The highest BCUT2D eigenvalue weighted by atomic mass is 16.1. The number of carbonyl (C=O) groups excluding carboxylic acids is 1. The van der Waals surface area contributed by atoms with Gasteiger partial charge in [-0.3, -0.25) is 4.79 Å². The fraction of sp³-hybridized carbons (Fsp3) is 0.400. The first kappa shape index (κ1) is 14.5. The molecule has 1 aromatic carbocycles. The monoisotopic (exact) mass is 246 g/mol. The van der Waals surface area contributed by atoms with Crippen LogP contribution >= 0.6 is 0 Å². The average Bonchev–Trinajstić information content (AvgIpc) is 2.35. The summed E-state index contributed by atoms with van der Waals surface area (Å²) in [5.41, 5.74) is 2.41. The van der Waals surface area contributed by atoms with Gasteiger partial charge in [0.2, 0.25) is 5.91 Å². The summed E-state index contributed by atoms with van der Waals surface area (Å²) in [4.78, 5) is 13.6. The molecule has 0 saturated carbocycles. The zero-order chi connectivity index (χ0) is 13.4. The standard InChI is InChI=1S/C15H22N2O/c1-4-5-6-15(18)16-11-13-7-9-14(10-8-13)12-17(2)3/h4-5,7-10H,6,11-12H2,1-3H3,(H,16,18). The third-order valence-electron chi connectivity index (χ3n) is 2.55. The number of nitrogens with zero attached hydrogens (tertiary/aromatic N) is 1. The van der Waals surface area contributed by atoms with E-state index in [0.29, 0.717) is 13.0 Å². The first-order chi connectivity index (χ1) is 8.61. The lowest BCUT2D eigenvalue weighted by Crippen LogP contribution is -2.21. The Hall–Kier alpha value is -1.61. The highest BCUT2D eigenvalue weighted by molar-refractivity contribution is 5.77. The van der Waals surface area contributed by atoms with Crippen molar-refractivity contribution in [2.24, 2.45) is 0 Å². The van der Waals surface area contributed by atoms with Gasteiger partial charge in [-0.15, -0.1) is 0 Å². The minimum atomic E-state index is 0.0606. The molecular formula is C15H22N2O. The third kappa shape index (κ3) is 5.64. The summed E-state index contributed by atoms with van der Waals surface area (Å²) in [6.45, 7) is 3.45. The van der Waals surface area contributed by atoms with E-state index in [1.54, 1.807) is 0 Å². The van der Waals surface area contributed by atoms with Gasteiger partial charge in [0.25, 0.3) is 0 Å². The molecule has 18 heavy (non-hydrogen) atoms. The van der Waals surface area contributed by atoms with Crippen molar-refractivity contribution in [3.8, 4) is 0 Å². The van der Waals surface area contributed by atoms with Crippen LogP contribution in [0.2, 0.25) is 0 Å². The van der Waals surface area contributed by atoms with E-state index in [1.165, 1.54) is 5.56 Å². The summed E-state index contributed by atoms with van der Waals surface area (Å²) in [7, 11) is 4.10. The van der Waals surface area contributed by atoms with Crippen LogP contribution in [0.4, 0.5) is 0 Å². The van der Waals surface area contributed by atoms with Crippen molar-refractivity contribution in [1.82, 2.24) is 10.2 Å². The molecule has 1 rings (SSSR count). The molecule has 0 fully saturated rings. The van der Waals surface area contributed by atoms with Gasteiger partial charge < -0.3 is 10.2 Å². The Morgan fingerprint density at radius 3 is 2.39 bits per heavy atom. The van der Waals surface area contributed by atoms with Gasteiger partial charge >= 0.3 is 0 Å². The number of benzene rings is 1. The lowest BCUT2D eigenvalue weighted by Gasteiger charge is -2.10. The molecule has 0 aliphatic heterocycles. The molecule has 0 heterocycles. The van der Waals surface area contributed by atoms with Crippen LogP contribution in [0.1, 0.15) is 24.5 Å². The van der Waals surface area contributed by atoms with Gasteiger partial charge in [0.15, 0.2) is 0 Å². The van der Waals surface area contributed by atoms with E-state index in [2.05, 4.69) is 48.6 Å². The quantitative estimate of drug-likeness (QED) is 0.781. The van der Waals surface area contributed by atoms with Crippen LogP contribution in [0.5, 0.6) is 0 Å². The van der Waals surface area contributed by atoms with Crippen LogP contribution in [-0.4, -0.2) is 24.9 Å². The molecule has 3 heteroatoms. The van der Waals surface area contributed by atoms with Gasteiger partial charge in [-0.1, -0.05) is 36.4 Å². The maximum Gasteiger partial charge on any atom is 0.224 e. The lowest BCUT2D eigenvalue weighted by molar-refractivity contribution is -0.120. The largest absolute Gasteiger partial charge is 0.352 e. The number of rotatable bonds is 6. The van der Waals surface area contributed by atoms with E-state index < -0.39 is 0 Å². The zero-order valence-corrected chi connectivity index (χ0v) is 11.4. The molecule has 0 spiro atoms. The average molecular weight is 246 g/mol. The summed E-state index contributed by atoms with van der Waals surface area (Å²) < 4.78 is 0. The van der Waals surface area contributed by atoms with E-state index in [4.69, 9.17) is 0 Å². The summed E-state index contributed by atoms with van der Waals surface area (Å²) in [5, 5.41) is 2.89. The van der Waals surface area contributed by atoms with Crippen molar-refractivity contribution >= 4 is 5.91 Å². The van der Waals surface area contributed by atoms with Crippen LogP contribution in [0.15, 0.2) is 36.4 Å². The van der Waals surface area contributed by atoms with Gasteiger partial charge in [-0.25, -0.2) is 0 Å². The number of nitrogens with one attached hydrogen (secondary N) is 1. The molecule has 3 nitrogen and oxygen atoms in total. The number of hydrogen-bond acceptors (Lipinski definition) is 2. The van der Waals surface area contributed by atoms with Gasteiger partial charge in [0.1, 0.15) is 0 Å². The molecule has 1 N–H and O–H groups in total. The molecule has 0 aliphatic carbocycles. The van der Waals surface area contributed by atoms with Gasteiger partial charge in [-0.05, 0) is 32.1 Å². The van der Waals surface area contributed by atoms with Crippen LogP contribution < -0.4 is 5.32 Å². The number of carbonyl (C=O) groups is 1. The molecule has 0 unspecified atom stereocenters. The fourth-order valence-corrected chi connectivity index (χ4v) is 1.63. The molecule has 98 valence electrons. The second-order valence-corrected chi connectivity index (χ2v) is 4.60. The Labute approximate surface area is 109 Å². The van der Waals surface area contributed by atoms with Crippen molar-refractivity contribution in [2.45, 2.75) is 26.4 Å². The summed E-state index contributed by atoms with van der Waals surface area (Å²) in [6.07, 6.45) is 4.19. The highest BCUT2D eigenvalue weighted by Crippen LogP contribution is 2.06. The third-order valence-corrected chi connectivity index (χ3v) is 2.55. The maximum atomic E-state index is 11.4. The van der Waals surface area contributed by atoms with Crippen LogP contribution in [0.25, 0.3) is 0 Å². The molecular weight excluding hydrogens is 224 g/mol. The van der Waals surface area contributed by atoms with E-state index in [1.807, 2.05) is 19.1 Å². The van der Waals surface area contributed by atoms with Crippen molar-refractivity contribution in [2.75, 3.05) is 14.1 Å². The molecule has 0 atom stereocenters. The first-order valence-electron chi connectivity index (χ1n) is 6.22. The number of hydrogen-bond donors (Lipinski definition) is 1. The summed E-state index contributed by atoms with van der Waals surface area (Å²) in [5.74, 6) is 0.0606. The minimum Gasteiger partial charge on any atom is -0.352 e. The summed E-state index contributed by atoms with van der Waals surface area (Å²) in [6, 6.07) is 8.34. The number of amides is 1. The van der Waals surface area contributed by atoms with E-state index in [-0.39, 0.29) is 5.91 Å². The maximum absolute atomic E-state index is 11.4.